The number of aromatic nitrogens is 1. The van der Waals surface area contributed by atoms with Gasteiger partial charge in [-0.25, -0.2) is 4.98 Å². The van der Waals surface area contributed by atoms with Gasteiger partial charge >= 0.3 is 0 Å². The number of aryl methyl sites for hydroxylation is 1. The number of hydrogen-bond acceptors (Lipinski definition) is 2. The quantitative estimate of drug-likeness (QED) is 0.511. The second-order valence-corrected chi connectivity index (χ2v) is 6.28. The molecule has 0 spiro atoms. The Bertz CT molecular complexity index is 989. The fourth-order valence-corrected chi connectivity index (χ4v) is 2.98. The monoisotopic (exact) mass is 324 g/mol. The van der Waals surface area contributed by atoms with E-state index in [-0.39, 0.29) is 0 Å². The first-order valence-corrected chi connectivity index (χ1v) is 8.54. The molecule has 0 aliphatic heterocycles. The van der Waals surface area contributed by atoms with E-state index < -0.39 is 0 Å². The number of fused-ring (bicyclic) bond motifs is 1. The molecule has 0 radical (unpaired) electrons. The van der Waals surface area contributed by atoms with Crippen LogP contribution in [0.1, 0.15) is 11.1 Å². The first-order valence-electron chi connectivity index (χ1n) is 8.54. The molecule has 0 unspecified atom stereocenters. The van der Waals surface area contributed by atoms with Gasteiger partial charge in [0.15, 0.2) is 0 Å². The van der Waals surface area contributed by atoms with Crippen LogP contribution < -0.4 is 5.32 Å². The highest BCUT2D eigenvalue weighted by atomic mass is 15.0. The Morgan fingerprint density at radius 3 is 2.32 bits per heavy atom. The Balaban J connectivity index is 1.73. The van der Waals surface area contributed by atoms with Gasteiger partial charge in [-0.05, 0) is 30.2 Å². The maximum atomic E-state index is 4.87. The Hall–Kier alpha value is -3.13. The molecular formula is C23H20N2. The average molecular weight is 324 g/mol. The van der Waals surface area contributed by atoms with Crippen LogP contribution in [0.3, 0.4) is 0 Å². The van der Waals surface area contributed by atoms with Crippen molar-refractivity contribution >= 4 is 16.7 Å². The molecule has 0 bridgehead atoms. The first-order chi connectivity index (χ1) is 12.3. The number of nitrogens with one attached hydrogen (secondary N) is 1. The topological polar surface area (TPSA) is 24.9 Å². The lowest BCUT2D eigenvalue weighted by Crippen LogP contribution is -2.03. The third-order valence-corrected chi connectivity index (χ3v) is 4.39. The second kappa shape index (κ2) is 6.78. The van der Waals surface area contributed by atoms with E-state index in [1.807, 2.05) is 12.1 Å². The maximum absolute atomic E-state index is 4.87. The van der Waals surface area contributed by atoms with Crippen LogP contribution in [0.15, 0.2) is 84.9 Å². The lowest BCUT2D eigenvalue weighted by Gasteiger charge is -2.13. The van der Waals surface area contributed by atoms with E-state index in [9.17, 15) is 0 Å². The van der Waals surface area contributed by atoms with Crippen molar-refractivity contribution < 1.29 is 0 Å². The minimum absolute atomic E-state index is 0.755. The summed E-state index contributed by atoms with van der Waals surface area (Å²) < 4.78 is 0. The van der Waals surface area contributed by atoms with Gasteiger partial charge in [0.1, 0.15) is 5.82 Å². The molecule has 0 atom stereocenters. The van der Waals surface area contributed by atoms with Crippen molar-refractivity contribution in [2.24, 2.45) is 0 Å². The molecular weight excluding hydrogens is 304 g/mol. The standard InChI is InChI=1S/C23H20N2/c1-17-11-13-18(14-12-17)16-24-23-21(19-7-3-2-4-8-19)15-20-9-5-6-10-22(20)25-23/h2-15H,16H2,1H3,(H,24,25). The summed E-state index contributed by atoms with van der Waals surface area (Å²) in [5, 5.41) is 4.68. The molecule has 1 aromatic heterocycles. The molecule has 1 N–H and O–H groups in total. The zero-order valence-electron chi connectivity index (χ0n) is 14.2. The first kappa shape index (κ1) is 15.4. The Morgan fingerprint density at radius 1 is 0.800 bits per heavy atom. The third-order valence-electron chi connectivity index (χ3n) is 4.39. The fraction of sp³-hybridized carbons (Fsp3) is 0.0870. The van der Waals surface area contributed by atoms with E-state index in [0.29, 0.717) is 0 Å². The van der Waals surface area contributed by atoms with Crippen molar-refractivity contribution in [2.75, 3.05) is 5.32 Å². The van der Waals surface area contributed by atoms with Crippen LogP contribution in [-0.4, -0.2) is 4.98 Å². The SMILES string of the molecule is Cc1ccc(CNc2nc3ccccc3cc2-c2ccccc2)cc1. The summed E-state index contributed by atoms with van der Waals surface area (Å²) in [6.07, 6.45) is 0. The minimum atomic E-state index is 0.755. The zero-order valence-corrected chi connectivity index (χ0v) is 14.2. The van der Waals surface area contributed by atoms with Crippen molar-refractivity contribution in [3.05, 3.63) is 96.1 Å². The summed E-state index contributed by atoms with van der Waals surface area (Å²) in [7, 11) is 0. The molecule has 0 fully saturated rings. The molecule has 4 rings (SSSR count). The van der Waals surface area contributed by atoms with Crippen LogP contribution in [-0.2, 0) is 6.54 Å². The predicted molar refractivity (Wildman–Crippen MR) is 106 cm³/mol. The molecule has 0 amide bonds. The summed E-state index contributed by atoms with van der Waals surface area (Å²) in [6, 6.07) is 29.5. The Labute approximate surface area is 148 Å². The lowest BCUT2D eigenvalue weighted by atomic mass is 10.0. The fourth-order valence-electron chi connectivity index (χ4n) is 2.98. The molecule has 122 valence electrons. The van der Waals surface area contributed by atoms with E-state index in [0.717, 1.165) is 28.8 Å². The molecule has 2 heteroatoms. The van der Waals surface area contributed by atoms with E-state index in [1.165, 1.54) is 16.7 Å². The summed E-state index contributed by atoms with van der Waals surface area (Å²) in [5.74, 6) is 0.922. The van der Waals surface area contributed by atoms with Gasteiger partial charge in [0.05, 0.1) is 5.52 Å². The molecule has 3 aromatic carbocycles. The van der Waals surface area contributed by atoms with E-state index in [4.69, 9.17) is 4.98 Å². The average Bonchev–Trinajstić information content (AvgIpc) is 2.67. The van der Waals surface area contributed by atoms with Gasteiger partial charge in [-0.15, -0.1) is 0 Å². The highest BCUT2D eigenvalue weighted by Gasteiger charge is 2.09. The predicted octanol–water partition coefficient (Wildman–Crippen LogP) is 5.82. The van der Waals surface area contributed by atoms with Gasteiger partial charge < -0.3 is 5.32 Å². The van der Waals surface area contributed by atoms with E-state index in [1.54, 1.807) is 0 Å². The van der Waals surface area contributed by atoms with E-state index in [2.05, 4.69) is 85.0 Å². The largest absolute Gasteiger partial charge is 0.365 e. The number of pyridine rings is 1. The molecule has 25 heavy (non-hydrogen) atoms. The second-order valence-electron chi connectivity index (χ2n) is 6.28. The summed E-state index contributed by atoms with van der Waals surface area (Å²) in [6.45, 7) is 2.86. The Morgan fingerprint density at radius 2 is 1.52 bits per heavy atom. The van der Waals surface area contributed by atoms with Crippen LogP contribution in [0.4, 0.5) is 5.82 Å². The summed E-state index contributed by atoms with van der Waals surface area (Å²) >= 11 is 0. The van der Waals surface area contributed by atoms with Crippen molar-refractivity contribution in [2.45, 2.75) is 13.5 Å². The molecule has 2 nitrogen and oxygen atoms in total. The highest BCUT2D eigenvalue weighted by molar-refractivity contribution is 5.89. The molecule has 0 aliphatic carbocycles. The molecule has 0 saturated heterocycles. The number of anilines is 1. The van der Waals surface area contributed by atoms with Crippen LogP contribution in [0.2, 0.25) is 0 Å². The molecule has 0 aliphatic rings. The Kier molecular flexibility index (Phi) is 4.17. The number of hydrogen-bond donors (Lipinski definition) is 1. The van der Waals surface area contributed by atoms with Gasteiger partial charge in [0.25, 0.3) is 0 Å². The molecule has 4 aromatic rings. The number of nitrogens with zero attached hydrogens (tertiary/aromatic N) is 1. The minimum Gasteiger partial charge on any atom is -0.365 e. The van der Waals surface area contributed by atoms with Crippen LogP contribution >= 0.6 is 0 Å². The van der Waals surface area contributed by atoms with Gasteiger partial charge in [-0.3, -0.25) is 0 Å². The summed E-state index contributed by atoms with van der Waals surface area (Å²) in [4.78, 5) is 4.87. The number of para-hydroxylation sites is 1. The third kappa shape index (κ3) is 3.38. The van der Waals surface area contributed by atoms with Gasteiger partial charge in [0, 0.05) is 17.5 Å². The van der Waals surface area contributed by atoms with Gasteiger partial charge in [-0.2, -0.15) is 0 Å². The number of rotatable bonds is 4. The van der Waals surface area contributed by atoms with Crippen molar-refractivity contribution in [3.8, 4) is 11.1 Å². The number of benzene rings is 3. The van der Waals surface area contributed by atoms with Gasteiger partial charge in [0.2, 0.25) is 0 Å². The zero-order chi connectivity index (χ0) is 17.1. The lowest BCUT2D eigenvalue weighted by molar-refractivity contribution is 1.12. The highest BCUT2D eigenvalue weighted by Crippen LogP contribution is 2.30. The van der Waals surface area contributed by atoms with Crippen LogP contribution in [0.5, 0.6) is 0 Å². The normalized spacial score (nSPS) is 10.8. The molecule has 0 saturated carbocycles. The smallest absolute Gasteiger partial charge is 0.134 e. The van der Waals surface area contributed by atoms with Crippen molar-refractivity contribution in [1.82, 2.24) is 4.98 Å². The van der Waals surface area contributed by atoms with Crippen LogP contribution in [0.25, 0.3) is 22.0 Å². The summed E-state index contributed by atoms with van der Waals surface area (Å²) in [5.41, 5.74) is 5.84. The molecule has 1 heterocycles. The van der Waals surface area contributed by atoms with E-state index >= 15 is 0 Å². The van der Waals surface area contributed by atoms with Crippen molar-refractivity contribution in [3.63, 3.8) is 0 Å². The van der Waals surface area contributed by atoms with Gasteiger partial charge in [-0.1, -0.05) is 78.4 Å². The van der Waals surface area contributed by atoms with Crippen molar-refractivity contribution in [1.29, 1.82) is 0 Å². The van der Waals surface area contributed by atoms with Crippen LogP contribution in [0, 0.1) is 6.92 Å². The maximum Gasteiger partial charge on any atom is 0.134 e.